The minimum Gasteiger partial charge on any atom is -0.381 e. The average molecular weight is 211 g/mol. The summed E-state index contributed by atoms with van der Waals surface area (Å²) in [6.07, 6.45) is 1.21. The molecule has 1 saturated heterocycles. The Kier molecular flexibility index (Phi) is 3.56. The summed E-state index contributed by atoms with van der Waals surface area (Å²) in [7, 11) is 0. The second-order valence-corrected chi connectivity index (χ2v) is 4.85. The first-order valence-electron chi connectivity index (χ1n) is 5.21. The number of hydrogen-bond donors (Lipinski definition) is 1. The van der Waals surface area contributed by atoms with Gasteiger partial charge < -0.3 is 10.1 Å². The van der Waals surface area contributed by atoms with E-state index in [1.165, 1.54) is 11.3 Å². The Bertz CT molecular complexity index is 254. The third-order valence-corrected chi connectivity index (χ3v) is 3.76. The van der Waals surface area contributed by atoms with Crippen molar-refractivity contribution in [1.82, 2.24) is 5.32 Å². The van der Waals surface area contributed by atoms with Gasteiger partial charge in [-0.25, -0.2) is 0 Å². The first-order chi connectivity index (χ1) is 6.86. The van der Waals surface area contributed by atoms with Gasteiger partial charge in [-0.05, 0) is 30.7 Å². The van der Waals surface area contributed by atoms with E-state index in [4.69, 9.17) is 4.74 Å². The van der Waals surface area contributed by atoms with Crippen molar-refractivity contribution in [3.8, 4) is 0 Å². The summed E-state index contributed by atoms with van der Waals surface area (Å²) in [5.74, 6) is 0.720. The zero-order valence-electron chi connectivity index (χ0n) is 8.53. The van der Waals surface area contributed by atoms with Crippen molar-refractivity contribution in [2.45, 2.75) is 19.4 Å². The van der Waals surface area contributed by atoms with Crippen LogP contribution in [-0.2, 0) is 4.74 Å². The highest BCUT2D eigenvalue weighted by Crippen LogP contribution is 2.19. The number of hydrogen-bond acceptors (Lipinski definition) is 3. The van der Waals surface area contributed by atoms with E-state index in [0.717, 1.165) is 25.7 Å². The summed E-state index contributed by atoms with van der Waals surface area (Å²) in [4.78, 5) is 1.42. The van der Waals surface area contributed by atoms with Crippen LogP contribution in [0.15, 0.2) is 17.5 Å². The SMILES string of the molecule is C[C@@H](NCC1CCOC1)c1cccs1. The largest absolute Gasteiger partial charge is 0.381 e. The van der Waals surface area contributed by atoms with Gasteiger partial charge in [-0.1, -0.05) is 6.07 Å². The summed E-state index contributed by atoms with van der Waals surface area (Å²) in [6, 6.07) is 4.78. The fraction of sp³-hybridized carbons (Fsp3) is 0.636. The molecule has 0 amide bonds. The molecule has 0 aromatic carbocycles. The summed E-state index contributed by atoms with van der Waals surface area (Å²) in [5.41, 5.74) is 0. The third-order valence-electron chi connectivity index (χ3n) is 2.71. The molecule has 1 fully saturated rings. The van der Waals surface area contributed by atoms with Crippen LogP contribution in [0.1, 0.15) is 24.3 Å². The predicted molar refractivity (Wildman–Crippen MR) is 59.7 cm³/mol. The molecule has 1 N–H and O–H groups in total. The lowest BCUT2D eigenvalue weighted by atomic mass is 10.1. The molecule has 14 heavy (non-hydrogen) atoms. The Morgan fingerprint density at radius 2 is 2.64 bits per heavy atom. The summed E-state index contributed by atoms with van der Waals surface area (Å²) in [5, 5.41) is 5.69. The van der Waals surface area contributed by atoms with Gasteiger partial charge in [0, 0.05) is 24.1 Å². The molecular formula is C11H17NOS. The Balaban J connectivity index is 1.74. The lowest BCUT2D eigenvalue weighted by Gasteiger charge is -2.14. The van der Waals surface area contributed by atoms with Crippen molar-refractivity contribution in [2.24, 2.45) is 5.92 Å². The first-order valence-corrected chi connectivity index (χ1v) is 6.09. The van der Waals surface area contributed by atoms with E-state index < -0.39 is 0 Å². The Hall–Kier alpha value is -0.380. The van der Waals surface area contributed by atoms with E-state index in [0.29, 0.717) is 6.04 Å². The molecule has 1 aliphatic rings. The van der Waals surface area contributed by atoms with E-state index in [9.17, 15) is 0 Å². The molecule has 1 aromatic rings. The van der Waals surface area contributed by atoms with Crippen molar-refractivity contribution in [3.63, 3.8) is 0 Å². The predicted octanol–water partition coefficient (Wildman–Crippen LogP) is 2.44. The molecule has 2 nitrogen and oxygen atoms in total. The van der Waals surface area contributed by atoms with Crippen LogP contribution in [0.4, 0.5) is 0 Å². The molecule has 0 aliphatic carbocycles. The molecule has 0 spiro atoms. The number of ether oxygens (including phenoxy) is 1. The topological polar surface area (TPSA) is 21.3 Å². The minimum atomic E-state index is 0.482. The zero-order chi connectivity index (χ0) is 9.80. The molecule has 78 valence electrons. The van der Waals surface area contributed by atoms with E-state index in [1.54, 1.807) is 0 Å². The van der Waals surface area contributed by atoms with Crippen molar-refractivity contribution in [3.05, 3.63) is 22.4 Å². The normalized spacial score (nSPS) is 23.9. The maximum atomic E-state index is 5.34. The van der Waals surface area contributed by atoms with Crippen molar-refractivity contribution >= 4 is 11.3 Å². The van der Waals surface area contributed by atoms with Gasteiger partial charge in [0.2, 0.25) is 0 Å². The van der Waals surface area contributed by atoms with E-state index in [-0.39, 0.29) is 0 Å². The number of nitrogens with one attached hydrogen (secondary N) is 1. The van der Waals surface area contributed by atoms with Crippen molar-refractivity contribution in [2.75, 3.05) is 19.8 Å². The van der Waals surface area contributed by atoms with Crippen LogP contribution in [-0.4, -0.2) is 19.8 Å². The van der Waals surface area contributed by atoms with E-state index >= 15 is 0 Å². The highest BCUT2D eigenvalue weighted by molar-refractivity contribution is 7.10. The maximum absolute atomic E-state index is 5.34. The van der Waals surface area contributed by atoms with Crippen LogP contribution in [0.2, 0.25) is 0 Å². The van der Waals surface area contributed by atoms with Crippen LogP contribution in [0.25, 0.3) is 0 Å². The van der Waals surface area contributed by atoms with Crippen LogP contribution < -0.4 is 5.32 Å². The molecule has 0 radical (unpaired) electrons. The molecule has 2 atom stereocenters. The first kappa shape index (κ1) is 10.1. The van der Waals surface area contributed by atoms with E-state index in [1.807, 2.05) is 11.3 Å². The quantitative estimate of drug-likeness (QED) is 0.826. The molecule has 3 heteroatoms. The number of thiophene rings is 1. The number of rotatable bonds is 4. The fourth-order valence-electron chi connectivity index (χ4n) is 1.73. The minimum absolute atomic E-state index is 0.482. The zero-order valence-corrected chi connectivity index (χ0v) is 9.35. The maximum Gasteiger partial charge on any atom is 0.0507 e. The highest BCUT2D eigenvalue weighted by atomic mass is 32.1. The molecule has 0 bridgehead atoms. The van der Waals surface area contributed by atoms with E-state index in [2.05, 4.69) is 29.8 Å². The smallest absolute Gasteiger partial charge is 0.0507 e. The van der Waals surface area contributed by atoms with Crippen LogP contribution in [0.5, 0.6) is 0 Å². The third kappa shape index (κ3) is 2.56. The summed E-state index contributed by atoms with van der Waals surface area (Å²) < 4.78 is 5.34. The highest BCUT2D eigenvalue weighted by Gasteiger charge is 2.16. The van der Waals surface area contributed by atoms with Gasteiger partial charge in [0.15, 0.2) is 0 Å². The van der Waals surface area contributed by atoms with Gasteiger partial charge in [-0.2, -0.15) is 0 Å². The lowest BCUT2D eigenvalue weighted by Crippen LogP contribution is -2.25. The van der Waals surface area contributed by atoms with Crippen molar-refractivity contribution < 1.29 is 4.74 Å². The monoisotopic (exact) mass is 211 g/mol. The Labute approximate surface area is 89.3 Å². The standard InChI is InChI=1S/C11H17NOS/c1-9(11-3-2-6-14-11)12-7-10-4-5-13-8-10/h2-3,6,9-10,12H,4-5,7-8H2,1H3/t9-,10?/m1/s1. The average Bonchev–Trinajstić information content (AvgIpc) is 2.87. The van der Waals surface area contributed by atoms with Crippen LogP contribution in [0, 0.1) is 5.92 Å². The van der Waals surface area contributed by atoms with Gasteiger partial charge in [-0.3, -0.25) is 0 Å². The van der Waals surface area contributed by atoms with Gasteiger partial charge >= 0.3 is 0 Å². The Morgan fingerprint density at radius 3 is 3.29 bits per heavy atom. The second kappa shape index (κ2) is 4.91. The molecule has 0 saturated carbocycles. The second-order valence-electron chi connectivity index (χ2n) is 3.87. The fourth-order valence-corrected chi connectivity index (χ4v) is 2.48. The molecule has 1 aliphatic heterocycles. The molecular weight excluding hydrogens is 194 g/mol. The van der Waals surface area contributed by atoms with Gasteiger partial charge in [0.25, 0.3) is 0 Å². The molecule has 2 heterocycles. The van der Waals surface area contributed by atoms with Crippen molar-refractivity contribution in [1.29, 1.82) is 0 Å². The Morgan fingerprint density at radius 1 is 1.71 bits per heavy atom. The molecule has 1 aromatic heterocycles. The van der Waals surface area contributed by atoms with Gasteiger partial charge in [0.1, 0.15) is 0 Å². The summed E-state index contributed by atoms with van der Waals surface area (Å²) >= 11 is 1.82. The van der Waals surface area contributed by atoms with Crippen LogP contribution in [0.3, 0.4) is 0 Å². The van der Waals surface area contributed by atoms with Crippen LogP contribution >= 0.6 is 11.3 Å². The molecule has 1 unspecified atom stereocenters. The summed E-state index contributed by atoms with van der Waals surface area (Å²) in [6.45, 7) is 5.19. The lowest BCUT2D eigenvalue weighted by molar-refractivity contribution is 0.184. The van der Waals surface area contributed by atoms with Gasteiger partial charge in [0.05, 0.1) is 6.61 Å². The molecule has 2 rings (SSSR count). The van der Waals surface area contributed by atoms with Gasteiger partial charge in [-0.15, -0.1) is 11.3 Å².